The predicted octanol–water partition coefficient (Wildman–Crippen LogP) is 2.65. The Balaban J connectivity index is 1.48. The normalized spacial score (nSPS) is 11.9. The van der Waals surface area contributed by atoms with Crippen LogP contribution >= 0.6 is 15.9 Å². The minimum atomic E-state index is -0.592. The average molecular weight is 392 g/mol. The molecule has 0 saturated carbocycles. The van der Waals surface area contributed by atoms with Crippen molar-refractivity contribution in [2.75, 3.05) is 13.4 Å². The van der Waals surface area contributed by atoms with E-state index in [2.05, 4.69) is 21.2 Å². The zero-order valence-corrected chi connectivity index (χ0v) is 14.2. The Bertz CT molecular complexity index is 777. The Morgan fingerprint density at radius 2 is 1.96 bits per heavy atom. The molecule has 1 amide bonds. The molecule has 1 aliphatic heterocycles. The Morgan fingerprint density at radius 3 is 2.79 bits per heavy atom. The van der Waals surface area contributed by atoms with Crippen LogP contribution in [0.1, 0.15) is 15.9 Å². The van der Waals surface area contributed by atoms with Crippen LogP contribution in [0.15, 0.2) is 46.9 Å². The first kappa shape index (κ1) is 16.3. The number of nitrogens with one attached hydrogen (secondary N) is 1. The van der Waals surface area contributed by atoms with Gasteiger partial charge in [-0.15, -0.1) is 0 Å². The second-order valence-electron chi connectivity index (χ2n) is 5.05. The zero-order chi connectivity index (χ0) is 16.9. The fraction of sp³-hybridized carbons (Fsp3) is 0.176. The van der Waals surface area contributed by atoms with Crippen molar-refractivity contribution in [2.45, 2.75) is 6.54 Å². The van der Waals surface area contributed by atoms with Gasteiger partial charge in [-0.3, -0.25) is 4.79 Å². The maximum absolute atomic E-state index is 12.0. The highest BCUT2D eigenvalue weighted by Crippen LogP contribution is 2.32. The third-order valence-corrected chi connectivity index (χ3v) is 3.81. The largest absolute Gasteiger partial charge is 0.454 e. The summed E-state index contributed by atoms with van der Waals surface area (Å²) in [6, 6.07) is 12.3. The summed E-state index contributed by atoms with van der Waals surface area (Å²) in [4.78, 5) is 23.7. The van der Waals surface area contributed by atoms with E-state index < -0.39 is 5.97 Å². The Labute approximate surface area is 146 Å². The van der Waals surface area contributed by atoms with Gasteiger partial charge in [-0.05, 0) is 35.9 Å². The van der Waals surface area contributed by atoms with Crippen molar-refractivity contribution in [1.82, 2.24) is 5.32 Å². The van der Waals surface area contributed by atoms with Gasteiger partial charge in [0, 0.05) is 11.0 Å². The summed E-state index contributed by atoms with van der Waals surface area (Å²) in [6.07, 6.45) is 0. The van der Waals surface area contributed by atoms with E-state index in [1.54, 1.807) is 12.1 Å². The number of hydrogen-bond acceptors (Lipinski definition) is 5. The molecule has 1 heterocycles. The van der Waals surface area contributed by atoms with Crippen molar-refractivity contribution >= 4 is 27.8 Å². The molecule has 6 nitrogen and oxygen atoms in total. The van der Waals surface area contributed by atoms with Gasteiger partial charge in [0.2, 0.25) is 6.79 Å². The highest BCUT2D eigenvalue weighted by Gasteiger charge is 2.17. The number of carbonyl (C=O) groups is 2. The highest BCUT2D eigenvalue weighted by molar-refractivity contribution is 9.10. The summed E-state index contributed by atoms with van der Waals surface area (Å²) >= 11 is 3.36. The molecule has 7 heteroatoms. The van der Waals surface area contributed by atoms with Crippen molar-refractivity contribution < 1.29 is 23.8 Å². The van der Waals surface area contributed by atoms with Gasteiger partial charge < -0.3 is 19.5 Å². The lowest BCUT2D eigenvalue weighted by molar-refractivity contribution is -0.124. The van der Waals surface area contributed by atoms with Gasteiger partial charge in [0.15, 0.2) is 18.1 Å². The SMILES string of the molecule is O=C(COC(=O)c1ccc2c(c1)OCO2)NCc1cccc(Br)c1. The van der Waals surface area contributed by atoms with E-state index in [4.69, 9.17) is 14.2 Å². The monoisotopic (exact) mass is 391 g/mol. The van der Waals surface area contributed by atoms with E-state index in [-0.39, 0.29) is 19.3 Å². The molecule has 24 heavy (non-hydrogen) atoms. The fourth-order valence-corrected chi connectivity index (χ4v) is 2.58. The van der Waals surface area contributed by atoms with Gasteiger partial charge in [0.25, 0.3) is 5.91 Å². The van der Waals surface area contributed by atoms with E-state index in [9.17, 15) is 9.59 Å². The van der Waals surface area contributed by atoms with Crippen molar-refractivity contribution in [2.24, 2.45) is 0 Å². The standard InChI is InChI=1S/C17H14BrNO5/c18-13-3-1-2-11(6-13)8-19-16(20)9-22-17(21)12-4-5-14-15(7-12)24-10-23-14/h1-7H,8-10H2,(H,19,20). The number of rotatable bonds is 5. The van der Waals surface area contributed by atoms with Crippen LogP contribution in [-0.2, 0) is 16.1 Å². The summed E-state index contributed by atoms with van der Waals surface area (Å²) in [5.74, 6) is 0.108. The van der Waals surface area contributed by atoms with Crippen LogP contribution in [0.3, 0.4) is 0 Å². The van der Waals surface area contributed by atoms with Gasteiger partial charge in [0.05, 0.1) is 5.56 Å². The summed E-state index contributed by atoms with van der Waals surface area (Å²) in [7, 11) is 0. The minimum absolute atomic E-state index is 0.131. The van der Waals surface area contributed by atoms with Gasteiger partial charge in [-0.2, -0.15) is 0 Å². The fourth-order valence-electron chi connectivity index (χ4n) is 2.14. The molecular formula is C17H14BrNO5. The Morgan fingerprint density at radius 1 is 1.12 bits per heavy atom. The molecule has 0 unspecified atom stereocenters. The van der Waals surface area contributed by atoms with E-state index in [0.717, 1.165) is 10.0 Å². The molecule has 2 aromatic rings. The van der Waals surface area contributed by atoms with Crippen LogP contribution in [0, 0.1) is 0 Å². The maximum Gasteiger partial charge on any atom is 0.338 e. The quantitative estimate of drug-likeness (QED) is 0.793. The number of fused-ring (bicyclic) bond motifs is 1. The second-order valence-corrected chi connectivity index (χ2v) is 5.97. The lowest BCUT2D eigenvalue weighted by Crippen LogP contribution is -2.28. The lowest BCUT2D eigenvalue weighted by atomic mass is 10.2. The van der Waals surface area contributed by atoms with Crippen LogP contribution in [0.25, 0.3) is 0 Å². The van der Waals surface area contributed by atoms with Crippen molar-refractivity contribution in [3.05, 3.63) is 58.1 Å². The molecule has 2 aromatic carbocycles. The number of amides is 1. The molecule has 1 N–H and O–H groups in total. The van der Waals surface area contributed by atoms with Crippen LogP contribution in [-0.4, -0.2) is 25.3 Å². The van der Waals surface area contributed by atoms with Gasteiger partial charge in [-0.1, -0.05) is 28.1 Å². The van der Waals surface area contributed by atoms with Crippen LogP contribution in [0.5, 0.6) is 11.5 Å². The highest BCUT2D eigenvalue weighted by atomic mass is 79.9. The number of halogens is 1. The van der Waals surface area contributed by atoms with E-state index >= 15 is 0 Å². The molecule has 0 bridgehead atoms. The molecule has 3 rings (SSSR count). The summed E-state index contributed by atoms with van der Waals surface area (Å²) < 4.78 is 16.3. The van der Waals surface area contributed by atoms with E-state index in [0.29, 0.717) is 23.6 Å². The van der Waals surface area contributed by atoms with E-state index in [1.807, 2.05) is 24.3 Å². The van der Waals surface area contributed by atoms with Crippen LogP contribution in [0.4, 0.5) is 0 Å². The molecule has 1 aliphatic rings. The second kappa shape index (κ2) is 7.35. The number of esters is 1. The number of hydrogen-bond donors (Lipinski definition) is 1. The summed E-state index contributed by atoms with van der Waals surface area (Å²) in [6.45, 7) is 0.146. The molecule has 0 aliphatic carbocycles. The van der Waals surface area contributed by atoms with Gasteiger partial charge in [-0.25, -0.2) is 4.79 Å². The molecule has 0 spiro atoms. The number of benzene rings is 2. The molecular weight excluding hydrogens is 378 g/mol. The van der Waals surface area contributed by atoms with Crippen LogP contribution < -0.4 is 14.8 Å². The first-order chi connectivity index (χ1) is 11.6. The Hall–Kier alpha value is -2.54. The average Bonchev–Trinajstić information content (AvgIpc) is 3.05. The smallest absolute Gasteiger partial charge is 0.338 e. The van der Waals surface area contributed by atoms with Crippen molar-refractivity contribution in [1.29, 1.82) is 0 Å². The van der Waals surface area contributed by atoms with Crippen LogP contribution in [0.2, 0.25) is 0 Å². The third-order valence-electron chi connectivity index (χ3n) is 3.32. The summed E-state index contributed by atoms with van der Waals surface area (Å²) in [5, 5.41) is 2.69. The molecule has 0 fully saturated rings. The molecule has 124 valence electrons. The maximum atomic E-state index is 12.0. The summed E-state index contributed by atoms with van der Waals surface area (Å²) in [5.41, 5.74) is 1.25. The van der Waals surface area contributed by atoms with Crippen molar-refractivity contribution in [3.8, 4) is 11.5 Å². The first-order valence-electron chi connectivity index (χ1n) is 7.20. The van der Waals surface area contributed by atoms with E-state index in [1.165, 1.54) is 6.07 Å². The molecule has 0 saturated heterocycles. The molecule has 0 aromatic heterocycles. The number of carbonyl (C=O) groups excluding carboxylic acids is 2. The minimum Gasteiger partial charge on any atom is -0.454 e. The topological polar surface area (TPSA) is 73.9 Å². The third kappa shape index (κ3) is 4.05. The molecule has 0 atom stereocenters. The predicted molar refractivity (Wildman–Crippen MR) is 88.8 cm³/mol. The zero-order valence-electron chi connectivity index (χ0n) is 12.6. The molecule has 0 radical (unpaired) electrons. The Kier molecular flexibility index (Phi) is 5.00. The van der Waals surface area contributed by atoms with Gasteiger partial charge >= 0.3 is 5.97 Å². The number of ether oxygens (including phenoxy) is 3. The first-order valence-corrected chi connectivity index (χ1v) is 7.99. The van der Waals surface area contributed by atoms with Gasteiger partial charge in [0.1, 0.15) is 0 Å². The van der Waals surface area contributed by atoms with Crippen molar-refractivity contribution in [3.63, 3.8) is 0 Å². The lowest BCUT2D eigenvalue weighted by Gasteiger charge is -2.07.